The number of piperidine rings is 1. The van der Waals surface area contributed by atoms with E-state index in [0.717, 1.165) is 10.1 Å². The second-order valence-electron chi connectivity index (χ2n) is 4.74. The van der Waals surface area contributed by atoms with Crippen LogP contribution in [0.25, 0.3) is 0 Å². The Balaban J connectivity index is 1.83. The number of nitrogens with zero attached hydrogens (tertiary/aromatic N) is 3. The zero-order valence-electron chi connectivity index (χ0n) is 11.9. The zero-order valence-corrected chi connectivity index (χ0v) is 13.5. The van der Waals surface area contributed by atoms with Gasteiger partial charge in [-0.1, -0.05) is 29.2 Å². The Morgan fingerprint density at radius 2 is 2.19 bits per heavy atom. The van der Waals surface area contributed by atoms with E-state index in [-0.39, 0.29) is 17.7 Å². The fourth-order valence-electron chi connectivity index (χ4n) is 2.11. The molecule has 0 unspecified atom stereocenters. The highest BCUT2D eigenvalue weighted by molar-refractivity contribution is 8.01. The maximum atomic E-state index is 12.2. The van der Waals surface area contributed by atoms with Crippen molar-refractivity contribution in [1.29, 1.82) is 0 Å². The lowest BCUT2D eigenvalue weighted by molar-refractivity contribution is -0.132. The molecule has 0 radical (unpaired) electrons. The molecule has 1 aliphatic rings. The van der Waals surface area contributed by atoms with Gasteiger partial charge in [-0.2, -0.15) is 0 Å². The molecule has 2 rings (SSSR count). The lowest BCUT2D eigenvalue weighted by Crippen LogP contribution is -2.40. The van der Waals surface area contributed by atoms with E-state index >= 15 is 0 Å². The van der Waals surface area contributed by atoms with E-state index in [9.17, 15) is 9.59 Å². The summed E-state index contributed by atoms with van der Waals surface area (Å²) in [6.07, 6.45) is 3.19. The van der Waals surface area contributed by atoms with Crippen LogP contribution in [0.5, 0.6) is 0 Å². The lowest BCUT2D eigenvalue weighted by atomic mass is 9.96. The third-order valence-electron chi connectivity index (χ3n) is 3.27. The van der Waals surface area contributed by atoms with E-state index in [2.05, 4.69) is 22.1 Å². The second kappa shape index (κ2) is 7.56. The van der Waals surface area contributed by atoms with Gasteiger partial charge in [-0.15, -0.1) is 16.8 Å². The molecular formula is C13H18N4O2S2. The zero-order chi connectivity index (χ0) is 15.2. The topological polar surface area (TPSA) is 75.2 Å². The molecule has 0 atom stereocenters. The monoisotopic (exact) mass is 326 g/mol. The van der Waals surface area contributed by atoms with Gasteiger partial charge in [0.15, 0.2) is 4.34 Å². The first kappa shape index (κ1) is 16.0. The minimum absolute atomic E-state index is 0.0328. The first-order valence-corrected chi connectivity index (χ1v) is 8.54. The minimum Gasteiger partial charge on any atom is -0.343 e. The van der Waals surface area contributed by atoms with Crippen LogP contribution in [0.1, 0.15) is 19.8 Å². The van der Waals surface area contributed by atoms with Crippen LogP contribution in [0, 0.1) is 5.92 Å². The molecule has 2 heterocycles. The third kappa shape index (κ3) is 4.53. The van der Waals surface area contributed by atoms with E-state index in [0.29, 0.717) is 31.1 Å². The first-order chi connectivity index (χ1) is 10.1. The van der Waals surface area contributed by atoms with Gasteiger partial charge >= 0.3 is 0 Å². The second-order valence-corrected chi connectivity index (χ2v) is 6.99. The predicted molar refractivity (Wildman–Crippen MR) is 84.4 cm³/mol. The number of rotatable bonds is 5. The average Bonchev–Trinajstić information content (AvgIpc) is 2.92. The Hall–Kier alpha value is -1.41. The van der Waals surface area contributed by atoms with Crippen molar-refractivity contribution >= 4 is 40.0 Å². The summed E-state index contributed by atoms with van der Waals surface area (Å²) in [6, 6.07) is 0. The van der Waals surface area contributed by atoms with Gasteiger partial charge in [-0.05, 0) is 12.8 Å². The van der Waals surface area contributed by atoms with Crippen LogP contribution in [0.4, 0.5) is 5.13 Å². The lowest BCUT2D eigenvalue weighted by Gasteiger charge is -2.30. The Kier molecular flexibility index (Phi) is 5.75. The van der Waals surface area contributed by atoms with E-state index in [1.807, 2.05) is 0 Å². The maximum absolute atomic E-state index is 12.2. The van der Waals surface area contributed by atoms with Crippen LogP contribution in [0.15, 0.2) is 17.0 Å². The number of anilines is 1. The summed E-state index contributed by atoms with van der Waals surface area (Å²) in [5.74, 6) is 0.747. The molecule has 0 bridgehead atoms. The first-order valence-electron chi connectivity index (χ1n) is 6.73. The van der Waals surface area contributed by atoms with Crippen LogP contribution in [-0.2, 0) is 9.59 Å². The molecule has 1 aromatic rings. The third-order valence-corrected chi connectivity index (χ3v) is 5.24. The van der Waals surface area contributed by atoms with E-state index in [1.165, 1.54) is 23.1 Å². The summed E-state index contributed by atoms with van der Waals surface area (Å²) in [7, 11) is 0. The number of hydrogen-bond acceptors (Lipinski definition) is 6. The van der Waals surface area contributed by atoms with Gasteiger partial charge in [0.2, 0.25) is 16.9 Å². The highest BCUT2D eigenvalue weighted by Gasteiger charge is 2.26. The summed E-state index contributed by atoms with van der Waals surface area (Å²) in [4.78, 5) is 25.2. The van der Waals surface area contributed by atoms with Crippen molar-refractivity contribution in [3.8, 4) is 0 Å². The molecule has 21 heavy (non-hydrogen) atoms. The Morgan fingerprint density at radius 3 is 2.81 bits per heavy atom. The van der Waals surface area contributed by atoms with Crippen molar-refractivity contribution < 1.29 is 9.59 Å². The molecule has 1 aliphatic heterocycles. The number of carbonyl (C=O) groups is 2. The Morgan fingerprint density at radius 1 is 1.48 bits per heavy atom. The van der Waals surface area contributed by atoms with E-state index < -0.39 is 0 Å². The van der Waals surface area contributed by atoms with Crippen LogP contribution in [-0.4, -0.2) is 45.8 Å². The van der Waals surface area contributed by atoms with Crippen LogP contribution >= 0.6 is 23.1 Å². The Labute approximate surface area is 132 Å². The van der Waals surface area contributed by atoms with Crippen LogP contribution in [0.3, 0.4) is 0 Å². The molecule has 114 valence electrons. The number of carbonyl (C=O) groups excluding carboxylic acids is 2. The van der Waals surface area contributed by atoms with Crippen molar-refractivity contribution in [2.24, 2.45) is 5.92 Å². The molecule has 0 spiro atoms. The number of hydrogen-bond donors (Lipinski definition) is 1. The quantitative estimate of drug-likeness (QED) is 0.509. The van der Waals surface area contributed by atoms with Crippen molar-refractivity contribution in [2.45, 2.75) is 24.1 Å². The number of aromatic nitrogens is 2. The highest BCUT2D eigenvalue weighted by Crippen LogP contribution is 2.26. The summed E-state index contributed by atoms with van der Waals surface area (Å²) >= 11 is 2.91. The van der Waals surface area contributed by atoms with E-state index in [1.54, 1.807) is 17.9 Å². The average molecular weight is 326 g/mol. The highest BCUT2D eigenvalue weighted by atomic mass is 32.2. The molecule has 6 nitrogen and oxygen atoms in total. The molecule has 1 aromatic heterocycles. The van der Waals surface area contributed by atoms with Crippen LogP contribution < -0.4 is 5.32 Å². The summed E-state index contributed by atoms with van der Waals surface area (Å²) in [6.45, 7) is 6.49. The fourth-order valence-corrected chi connectivity index (χ4v) is 3.63. The molecular weight excluding hydrogens is 308 g/mol. The molecule has 8 heteroatoms. The summed E-state index contributed by atoms with van der Waals surface area (Å²) in [5.41, 5.74) is 0. The summed E-state index contributed by atoms with van der Waals surface area (Å²) in [5, 5.41) is 11.3. The minimum atomic E-state index is -0.0613. The standard InChI is InChI=1S/C13H18N4O2S2/c1-3-8-20-13-16-15-12(21-13)14-11(19)10-4-6-17(7-5-10)9(2)18/h3,10H,1,4-8H2,2H3,(H,14,15,19). The van der Waals surface area contributed by atoms with Gasteiger partial charge in [-0.25, -0.2) is 0 Å². The smallest absolute Gasteiger partial charge is 0.229 e. The molecule has 0 saturated carbocycles. The van der Waals surface area contributed by atoms with Crippen molar-refractivity contribution in [2.75, 3.05) is 24.2 Å². The van der Waals surface area contributed by atoms with Crippen molar-refractivity contribution in [1.82, 2.24) is 15.1 Å². The Bertz CT molecular complexity index is 524. The largest absolute Gasteiger partial charge is 0.343 e. The van der Waals surface area contributed by atoms with Gasteiger partial charge in [0, 0.05) is 31.7 Å². The number of nitrogens with one attached hydrogen (secondary N) is 1. The molecule has 1 fully saturated rings. The number of amides is 2. The summed E-state index contributed by atoms with van der Waals surface area (Å²) < 4.78 is 0.816. The van der Waals surface area contributed by atoms with Gasteiger partial charge < -0.3 is 10.2 Å². The molecule has 2 amide bonds. The molecule has 1 saturated heterocycles. The fraction of sp³-hybridized carbons (Fsp3) is 0.538. The number of likely N-dealkylation sites (tertiary alicyclic amines) is 1. The molecule has 1 N–H and O–H groups in total. The van der Waals surface area contributed by atoms with Crippen molar-refractivity contribution in [3.05, 3.63) is 12.7 Å². The maximum Gasteiger partial charge on any atom is 0.229 e. The normalized spacial score (nSPS) is 15.8. The number of thioether (sulfide) groups is 1. The molecule has 0 aliphatic carbocycles. The van der Waals surface area contributed by atoms with Gasteiger partial charge in [0.1, 0.15) is 0 Å². The van der Waals surface area contributed by atoms with Crippen molar-refractivity contribution in [3.63, 3.8) is 0 Å². The SMILES string of the molecule is C=CCSc1nnc(NC(=O)C2CCN(C(C)=O)CC2)s1. The van der Waals surface area contributed by atoms with Gasteiger partial charge in [0.25, 0.3) is 0 Å². The van der Waals surface area contributed by atoms with E-state index in [4.69, 9.17) is 0 Å². The van der Waals surface area contributed by atoms with Gasteiger partial charge in [-0.3, -0.25) is 9.59 Å². The van der Waals surface area contributed by atoms with Gasteiger partial charge in [0.05, 0.1) is 0 Å². The molecule has 0 aromatic carbocycles. The predicted octanol–water partition coefficient (Wildman–Crippen LogP) is 2.01. The van der Waals surface area contributed by atoms with Crippen LogP contribution in [0.2, 0.25) is 0 Å².